The fraction of sp³-hybridized carbons (Fsp3) is 0.333. The minimum Gasteiger partial charge on any atom is -0.366 e. The molecule has 0 saturated carbocycles. The second-order valence-electron chi connectivity index (χ2n) is 7.18. The largest absolute Gasteiger partial charge is 0.366 e. The molecular formula is C21H23IN4O. The summed E-state index contributed by atoms with van der Waals surface area (Å²) in [5.74, 6) is 0.977. The standard InChI is InChI=1S/C21H23IN4O/c22-16-6-4-14(5-7-16)8-11-26-12-9-15(10-13-26)21-24-18-3-1-2-17(20(23)27)19(18)25-21/h1-7,15H,8-13H2,(H2,23,27)(H,24,25). The van der Waals surface area contributed by atoms with Crippen LogP contribution >= 0.6 is 22.6 Å². The molecule has 0 atom stereocenters. The Morgan fingerprint density at radius 1 is 1.19 bits per heavy atom. The molecule has 0 unspecified atom stereocenters. The van der Waals surface area contributed by atoms with Crippen LogP contribution in [-0.2, 0) is 6.42 Å². The summed E-state index contributed by atoms with van der Waals surface area (Å²) >= 11 is 2.34. The highest BCUT2D eigenvalue weighted by atomic mass is 127. The van der Waals surface area contributed by atoms with Gasteiger partial charge in [0.15, 0.2) is 0 Å². The Kier molecular flexibility index (Phi) is 5.45. The minimum absolute atomic E-state index is 0.410. The number of hydrogen-bond acceptors (Lipinski definition) is 3. The molecule has 3 N–H and O–H groups in total. The lowest BCUT2D eigenvalue weighted by Gasteiger charge is -2.31. The van der Waals surface area contributed by atoms with Gasteiger partial charge < -0.3 is 15.6 Å². The summed E-state index contributed by atoms with van der Waals surface area (Å²) in [6.07, 6.45) is 3.25. The number of aromatic nitrogens is 2. The number of nitrogens with two attached hydrogens (primary N) is 1. The molecule has 1 saturated heterocycles. The van der Waals surface area contributed by atoms with Crippen molar-refractivity contribution < 1.29 is 4.79 Å². The van der Waals surface area contributed by atoms with Gasteiger partial charge in [-0.3, -0.25) is 4.79 Å². The van der Waals surface area contributed by atoms with E-state index in [9.17, 15) is 4.79 Å². The Balaban J connectivity index is 1.37. The summed E-state index contributed by atoms with van der Waals surface area (Å²) in [4.78, 5) is 22.2. The van der Waals surface area contributed by atoms with Gasteiger partial charge in [-0.1, -0.05) is 18.2 Å². The number of carbonyl (C=O) groups is 1. The van der Waals surface area contributed by atoms with Crippen LogP contribution in [0, 0.1) is 3.57 Å². The number of H-pyrrole nitrogens is 1. The second-order valence-corrected chi connectivity index (χ2v) is 8.42. The third-order valence-electron chi connectivity index (χ3n) is 5.41. The van der Waals surface area contributed by atoms with Gasteiger partial charge in [-0.2, -0.15) is 0 Å². The van der Waals surface area contributed by atoms with Gasteiger partial charge in [0.2, 0.25) is 0 Å². The number of hydrogen-bond donors (Lipinski definition) is 2. The Bertz CT molecular complexity index is 942. The van der Waals surface area contributed by atoms with Crippen LogP contribution < -0.4 is 5.73 Å². The molecule has 140 valence electrons. The first-order valence-electron chi connectivity index (χ1n) is 9.35. The summed E-state index contributed by atoms with van der Waals surface area (Å²) in [7, 11) is 0. The van der Waals surface area contributed by atoms with Gasteiger partial charge in [-0.15, -0.1) is 0 Å². The molecule has 4 rings (SSSR count). The zero-order valence-corrected chi connectivity index (χ0v) is 17.3. The van der Waals surface area contributed by atoms with Crippen LogP contribution in [0.4, 0.5) is 0 Å². The molecule has 1 aliphatic rings. The van der Waals surface area contributed by atoms with Crippen molar-refractivity contribution in [2.45, 2.75) is 25.2 Å². The summed E-state index contributed by atoms with van der Waals surface area (Å²) in [6, 6.07) is 14.3. The van der Waals surface area contributed by atoms with Gasteiger partial charge in [0.25, 0.3) is 5.91 Å². The Labute approximate surface area is 172 Å². The molecule has 1 aliphatic heterocycles. The van der Waals surface area contributed by atoms with Crippen LogP contribution in [0.25, 0.3) is 11.0 Å². The Hall–Kier alpha value is -1.93. The van der Waals surface area contributed by atoms with E-state index in [-0.39, 0.29) is 0 Å². The van der Waals surface area contributed by atoms with Gasteiger partial charge in [0.1, 0.15) is 5.82 Å². The zero-order chi connectivity index (χ0) is 18.8. The molecule has 5 nitrogen and oxygen atoms in total. The summed E-state index contributed by atoms with van der Waals surface area (Å²) in [5, 5.41) is 0. The lowest BCUT2D eigenvalue weighted by Crippen LogP contribution is -2.34. The van der Waals surface area contributed by atoms with E-state index < -0.39 is 5.91 Å². The van der Waals surface area contributed by atoms with Gasteiger partial charge in [0, 0.05) is 16.0 Å². The van der Waals surface area contributed by atoms with E-state index in [1.807, 2.05) is 12.1 Å². The molecule has 1 aromatic heterocycles. The smallest absolute Gasteiger partial charge is 0.250 e. The molecule has 27 heavy (non-hydrogen) atoms. The number of aromatic amines is 1. The number of nitrogens with zero attached hydrogens (tertiary/aromatic N) is 2. The van der Waals surface area contributed by atoms with E-state index in [1.165, 1.54) is 9.13 Å². The number of primary amides is 1. The molecule has 3 aromatic rings. The first-order valence-corrected chi connectivity index (χ1v) is 10.4. The minimum atomic E-state index is -0.416. The number of likely N-dealkylation sites (tertiary alicyclic amines) is 1. The van der Waals surface area contributed by atoms with Gasteiger partial charge in [0.05, 0.1) is 16.6 Å². The van der Waals surface area contributed by atoms with Crippen LogP contribution in [-0.4, -0.2) is 40.4 Å². The Morgan fingerprint density at radius 2 is 1.93 bits per heavy atom. The molecular weight excluding hydrogens is 451 g/mol. The van der Waals surface area contributed by atoms with Crippen molar-refractivity contribution in [1.82, 2.24) is 14.9 Å². The highest BCUT2D eigenvalue weighted by Crippen LogP contribution is 2.28. The highest BCUT2D eigenvalue weighted by Gasteiger charge is 2.23. The maximum atomic E-state index is 11.6. The summed E-state index contributed by atoms with van der Waals surface area (Å²) < 4.78 is 1.28. The van der Waals surface area contributed by atoms with E-state index in [0.29, 0.717) is 11.5 Å². The number of benzene rings is 2. The number of carbonyl (C=O) groups excluding carboxylic acids is 1. The number of piperidine rings is 1. The van der Waals surface area contributed by atoms with Crippen LogP contribution in [0.3, 0.4) is 0 Å². The molecule has 0 spiro atoms. The molecule has 1 amide bonds. The number of nitrogens with one attached hydrogen (secondary N) is 1. The van der Waals surface area contributed by atoms with Crippen molar-refractivity contribution in [3.63, 3.8) is 0 Å². The first kappa shape index (κ1) is 18.4. The Morgan fingerprint density at radius 3 is 2.63 bits per heavy atom. The predicted octanol–water partition coefficient (Wildman–Crippen LogP) is 3.69. The zero-order valence-electron chi connectivity index (χ0n) is 15.1. The van der Waals surface area contributed by atoms with Crippen LogP contribution in [0.1, 0.15) is 40.5 Å². The first-order chi connectivity index (χ1) is 13.1. The van der Waals surface area contributed by atoms with Gasteiger partial charge in [-0.05, 0) is 84.8 Å². The van der Waals surface area contributed by atoms with Crippen LogP contribution in [0.2, 0.25) is 0 Å². The SMILES string of the molecule is NC(=O)c1cccc2nc(C3CCN(CCc4ccc(I)cc4)CC3)[nH]c12. The maximum Gasteiger partial charge on any atom is 0.250 e. The average molecular weight is 474 g/mol. The molecule has 2 heterocycles. The van der Waals surface area contributed by atoms with Crippen molar-refractivity contribution in [3.8, 4) is 0 Å². The maximum absolute atomic E-state index is 11.6. The van der Waals surface area contributed by atoms with Crippen molar-refractivity contribution >= 4 is 39.5 Å². The van der Waals surface area contributed by atoms with Crippen molar-refractivity contribution in [1.29, 1.82) is 0 Å². The number of halogens is 1. The van der Waals surface area contributed by atoms with Crippen LogP contribution in [0.15, 0.2) is 42.5 Å². The van der Waals surface area contributed by atoms with E-state index in [2.05, 4.69) is 56.7 Å². The molecule has 1 fully saturated rings. The van der Waals surface area contributed by atoms with Crippen LogP contribution in [0.5, 0.6) is 0 Å². The fourth-order valence-electron chi connectivity index (χ4n) is 3.82. The van der Waals surface area contributed by atoms with E-state index in [4.69, 9.17) is 10.7 Å². The van der Waals surface area contributed by atoms with Crippen molar-refractivity contribution in [3.05, 3.63) is 63.0 Å². The lowest BCUT2D eigenvalue weighted by molar-refractivity contribution is 0.100. The lowest BCUT2D eigenvalue weighted by atomic mass is 9.96. The quantitative estimate of drug-likeness (QED) is 0.554. The van der Waals surface area contributed by atoms with Gasteiger partial charge >= 0.3 is 0 Å². The molecule has 0 bridgehead atoms. The van der Waals surface area contributed by atoms with E-state index >= 15 is 0 Å². The highest BCUT2D eigenvalue weighted by molar-refractivity contribution is 14.1. The average Bonchev–Trinajstić information content (AvgIpc) is 3.12. The number of amides is 1. The summed E-state index contributed by atoms with van der Waals surface area (Å²) in [5.41, 5.74) is 8.98. The van der Waals surface area contributed by atoms with Crippen molar-refractivity contribution in [2.24, 2.45) is 5.73 Å². The second kappa shape index (κ2) is 7.98. The number of rotatable bonds is 5. The topological polar surface area (TPSA) is 75.0 Å². The third-order valence-corrected chi connectivity index (χ3v) is 6.13. The van der Waals surface area contributed by atoms with Gasteiger partial charge in [-0.25, -0.2) is 4.98 Å². The molecule has 0 aliphatic carbocycles. The molecule has 2 aromatic carbocycles. The molecule has 6 heteroatoms. The number of imidazole rings is 1. The predicted molar refractivity (Wildman–Crippen MR) is 116 cm³/mol. The van der Waals surface area contributed by atoms with Crippen molar-refractivity contribution in [2.75, 3.05) is 19.6 Å². The normalized spacial score (nSPS) is 16.0. The monoisotopic (exact) mass is 474 g/mol. The number of para-hydroxylation sites is 1. The third kappa shape index (κ3) is 4.16. The van der Waals surface area contributed by atoms with E-state index in [0.717, 1.165) is 55.8 Å². The number of fused-ring (bicyclic) bond motifs is 1. The van der Waals surface area contributed by atoms with E-state index in [1.54, 1.807) is 6.07 Å². The summed E-state index contributed by atoms with van der Waals surface area (Å²) in [6.45, 7) is 3.25. The fourth-order valence-corrected chi connectivity index (χ4v) is 4.18. The molecule has 0 radical (unpaired) electrons.